The van der Waals surface area contributed by atoms with Gasteiger partial charge in [0, 0.05) is 37.2 Å². The Morgan fingerprint density at radius 1 is 0.862 bits per heavy atom. The molecule has 29 heavy (non-hydrogen) atoms. The molecule has 1 aromatic carbocycles. The maximum absolute atomic E-state index is 10.3. The Morgan fingerprint density at radius 2 is 1.41 bits per heavy atom. The van der Waals surface area contributed by atoms with Crippen molar-refractivity contribution in [2.75, 3.05) is 19.7 Å². The number of halogens is 2. The highest BCUT2D eigenvalue weighted by molar-refractivity contribution is 5.85. The van der Waals surface area contributed by atoms with Crippen LogP contribution < -0.4 is 15.5 Å². The largest absolute Gasteiger partial charge is 0.391 e. The van der Waals surface area contributed by atoms with Crippen molar-refractivity contribution in [2.24, 2.45) is 0 Å². The summed E-state index contributed by atoms with van der Waals surface area (Å²) in [5.41, 5.74) is 2.08. The van der Waals surface area contributed by atoms with Crippen LogP contribution in [-0.2, 0) is 11.3 Å². The predicted molar refractivity (Wildman–Crippen MR) is 124 cm³/mol. The van der Waals surface area contributed by atoms with Crippen LogP contribution in [0.25, 0.3) is 0 Å². The zero-order valence-corrected chi connectivity index (χ0v) is 20.1. The summed E-state index contributed by atoms with van der Waals surface area (Å²) < 4.78 is 0. The summed E-state index contributed by atoms with van der Waals surface area (Å²) in [5, 5.41) is 26.6. The van der Waals surface area contributed by atoms with E-state index in [1.54, 1.807) is 0 Å². The van der Waals surface area contributed by atoms with E-state index in [9.17, 15) is 10.2 Å². The molecule has 0 saturated carbocycles. The number of aliphatic hydroxyl groups excluding tert-OH is 2. The topological polar surface area (TPSA) is 83.0 Å². The Labute approximate surface area is 188 Å². The second-order valence-corrected chi connectivity index (χ2v) is 8.03. The Kier molecular flexibility index (Phi) is 17.0. The lowest BCUT2D eigenvalue weighted by molar-refractivity contribution is -0.223. The minimum atomic E-state index is -0.647. The molecule has 0 amide bonds. The lowest BCUT2D eigenvalue weighted by Crippen LogP contribution is -2.34. The molecule has 0 aromatic heterocycles. The van der Waals surface area contributed by atoms with Gasteiger partial charge in [0.1, 0.15) is 6.61 Å². The number of hydrogen-bond donors (Lipinski definition) is 4. The highest BCUT2D eigenvalue weighted by Gasteiger charge is 2.14. The minimum absolute atomic E-state index is 0. The Hall–Kier alpha value is -0.600. The molecule has 4 N–H and O–H groups in total. The molecule has 0 fully saturated rings. The summed E-state index contributed by atoms with van der Waals surface area (Å²) in [7, 11) is 0. The molecular weight excluding hydrogens is 415 g/mol. The van der Waals surface area contributed by atoms with Crippen LogP contribution in [0.2, 0.25) is 0 Å². The first-order valence-electron chi connectivity index (χ1n) is 9.94. The number of rotatable bonds is 13. The van der Waals surface area contributed by atoms with Gasteiger partial charge in [-0.15, -0.1) is 24.8 Å². The van der Waals surface area contributed by atoms with Gasteiger partial charge in [-0.25, -0.2) is 0 Å². The normalized spacial score (nSPS) is 13.2. The van der Waals surface area contributed by atoms with Crippen molar-refractivity contribution < 1.29 is 20.0 Å². The van der Waals surface area contributed by atoms with Gasteiger partial charge in [0.15, 0.2) is 5.75 Å². The van der Waals surface area contributed by atoms with Crippen LogP contribution in [0.5, 0.6) is 5.75 Å². The summed E-state index contributed by atoms with van der Waals surface area (Å²) in [6, 6.07) is 6.55. The Balaban J connectivity index is 0. The lowest BCUT2D eigenvalue weighted by Gasteiger charge is -2.18. The number of aliphatic hydroxyl groups is 2. The molecule has 0 bridgehead atoms. The number of benzene rings is 1. The standard InChI is InChI=1S/C21H38N2O4.2ClH/c1-14(2)17-7-8-21(27-26-13-20(25)12-23-16(5)6)18(9-17)10-19(24)11-22-15(3)4;;/h7-9,14-16,19-20,22-25H,10-13H2,1-6H3;2*1H. The van der Waals surface area contributed by atoms with Gasteiger partial charge in [0.2, 0.25) is 0 Å². The van der Waals surface area contributed by atoms with Crippen LogP contribution in [0.1, 0.15) is 58.6 Å². The lowest BCUT2D eigenvalue weighted by atomic mass is 9.97. The molecule has 0 aliphatic heterocycles. The van der Waals surface area contributed by atoms with Gasteiger partial charge in [-0.3, -0.25) is 0 Å². The van der Waals surface area contributed by atoms with Crippen LogP contribution in [-0.4, -0.2) is 54.2 Å². The van der Waals surface area contributed by atoms with Crippen LogP contribution in [0.15, 0.2) is 18.2 Å². The molecule has 6 nitrogen and oxygen atoms in total. The van der Waals surface area contributed by atoms with E-state index in [4.69, 9.17) is 9.78 Å². The summed E-state index contributed by atoms with van der Waals surface area (Å²) in [6.45, 7) is 13.4. The second kappa shape index (κ2) is 16.1. The molecule has 1 rings (SSSR count). The van der Waals surface area contributed by atoms with Crippen molar-refractivity contribution in [1.82, 2.24) is 10.6 Å². The first-order valence-corrected chi connectivity index (χ1v) is 9.94. The molecule has 1 aromatic rings. The molecule has 0 spiro atoms. The molecular formula is C21H40Cl2N2O4. The molecule has 2 unspecified atom stereocenters. The highest BCUT2D eigenvalue weighted by atomic mass is 35.5. The smallest absolute Gasteiger partial charge is 0.168 e. The van der Waals surface area contributed by atoms with E-state index in [0.717, 1.165) is 5.56 Å². The average Bonchev–Trinajstić information content (AvgIpc) is 2.59. The maximum atomic E-state index is 10.3. The summed E-state index contributed by atoms with van der Waals surface area (Å²) >= 11 is 0. The Morgan fingerprint density at radius 3 is 1.93 bits per heavy atom. The van der Waals surface area contributed by atoms with Crippen molar-refractivity contribution in [3.05, 3.63) is 29.3 Å². The number of hydrogen-bond acceptors (Lipinski definition) is 6. The summed E-state index contributed by atoms with van der Waals surface area (Å²) in [5.74, 6) is 0.959. The SMILES string of the molecule is CC(C)NCC(O)COOc1ccc(C(C)C)cc1CC(O)CNC(C)C.Cl.Cl. The van der Waals surface area contributed by atoms with E-state index in [0.29, 0.717) is 43.3 Å². The van der Waals surface area contributed by atoms with Crippen LogP contribution in [0.4, 0.5) is 0 Å². The maximum Gasteiger partial charge on any atom is 0.168 e. The fourth-order valence-electron chi connectivity index (χ4n) is 2.50. The van der Waals surface area contributed by atoms with Crippen LogP contribution >= 0.6 is 24.8 Å². The summed E-state index contributed by atoms with van der Waals surface area (Å²) in [4.78, 5) is 10.7. The molecule has 0 saturated heterocycles. The first-order chi connectivity index (χ1) is 12.7. The second-order valence-electron chi connectivity index (χ2n) is 8.03. The van der Waals surface area contributed by atoms with Gasteiger partial charge in [-0.2, -0.15) is 4.89 Å². The molecule has 0 aliphatic rings. The van der Waals surface area contributed by atoms with Crippen molar-refractivity contribution in [3.63, 3.8) is 0 Å². The van der Waals surface area contributed by atoms with Crippen molar-refractivity contribution >= 4 is 24.8 Å². The van der Waals surface area contributed by atoms with Crippen LogP contribution in [0, 0.1) is 0 Å². The number of nitrogens with one attached hydrogen (secondary N) is 2. The van der Waals surface area contributed by atoms with Gasteiger partial charge < -0.3 is 25.7 Å². The fraction of sp³-hybridized carbons (Fsp3) is 0.714. The van der Waals surface area contributed by atoms with Gasteiger partial charge in [-0.1, -0.05) is 53.7 Å². The van der Waals surface area contributed by atoms with Gasteiger partial charge in [0.05, 0.1) is 12.2 Å². The van der Waals surface area contributed by atoms with Gasteiger partial charge in [0.25, 0.3) is 0 Å². The van der Waals surface area contributed by atoms with Crippen molar-refractivity contribution in [3.8, 4) is 5.75 Å². The van der Waals surface area contributed by atoms with E-state index < -0.39 is 12.2 Å². The van der Waals surface area contributed by atoms with Crippen molar-refractivity contribution in [2.45, 2.75) is 78.2 Å². The van der Waals surface area contributed by atoms with Crippen molar-refractivity contribution in [1.29, 1.82) is 0 Å². The molecule has 0 aliphatic carbocycles. The van der Waals surface area contributed by atoms with Gasteiger partial charge >= 0.3 is 0 Å². The average molecular weight is 455 g/mol. The molecule has 0 radical (unpaired) electrons. The zero-order valence-electron chi connectivity index (χ0n) is 18.5. The molecule has 2 atom stereocenters. The van der Waals surface area contributed by atoms with Gasteiger partial charge in [-0.05, 0) is 17.5 Å². The van der Waals surface area contributed by atoms with E-state index in [2.05, 4.69) is 30.5 Å². The molecule has 8 heteroatoms. The van der Waals surface area contributed by atoms with E-state index in [1.807, 2.05) is 39.8 Å². The first kappa shape index (κ1) is 30.6. The quantitative estimate of drug-likeness (QED) is 0.270. The fourth-order valence-corrected chi connectivity index (χ4v) is 2.50. The Bertz CT molecular complexity index is 545. The minimum Gasteiger partial charge on any atom is -0.391 e. The van der Waals surface area contributed by atoms with Crippen LogP contribution in [0.3, 0.4) is 0 Å². The predicted octanol–water partition coefficient (Wildman–Crippen LogP) is 3.22. The van der Waals surface area contributed by atoms with E-state index in [1.165, 1.54) is 5.56 Å². The zero-order chi connectivity index (χ0) is 20.4. The third-order valence-electron chi connectivity index (χ3n) is 4.14. The van der Waals surface area contributed by atoms with E-state index in [-0.39, 0.29) is 31.4 Å². The molecule has 172 valence electrons. The monoisotopic (exact) mass is 454 g/mol. The molecule has 0 heterocycles. The highest BCUT2D eigenvalue weighted by Crippen LogP contribution is 2.26. The summed E-state index contributed by atoms with van der Waals surface area (Å²) in [6.07, 6.45) is -0.694. The van der Waals surface area contributed by atoms with E-state index >= 15 is 0 Å². The third kappa shape index (κ3) is 13.3. The third-order valence-corrected chi connectivity index (χ3v) is 4.14.